The number of hydrogen-bond donors (Lipinski definition) is 2. The molecule has 1 aliphatic rings. The molecule has 1 heterocycles. The van der Waals surface area contributed by atoms with E-state index in [4.69, 9.17) is 23.2 Å². The maximum atomic E-state index is 6.10. The molecule has 5 heteroatoms. The van der Waals surface area contributed by atoms with Crippen molar-refractivity contribution in [3.63, 3.8) is 0 Å². The smallest absolute Gasteiger partial charge is 0.0451 e. The first-order valence-electron chi connectivity index (χ1n) is 5.64. The minimum atomic E-state index is 0. The standard InChI is InChI=1S/C12H16Cl2N2.ClH/c13-10-3-4-12(14)9(6-10)7-16-11-2-1-5-15-8-11;/h3-4,6,11,15-16H,1-2,5,7-8H2;1H. The highest BCUT2D eigenvalue weighted by molar-refractivity contribution is 6.33. The molecule has 2 N–H and O–H groups in total. The lowest BCUT2D eigenvalue weighted by Gasteiger charge is -2.24. The minimum Gasteiger partial charge on any atom is -0.315 e. The van der Waals surface area contributed by atoms with Crippen molar-refractivity contribution in [1.29, 1.82) is 0 Å². The van der Waals surface area contributed by atoms with E-state index >= 15 is 0 Å². The number of hydrogen-bond acceptors (Lipinski definition) is 2. The molecule has 1 saturated heterocycles. The molecule has 96 valence electrons. The van der Waals surface area contributed by atoms with E-state index in [1.165, 1.54) is 12.8 Å². The second kappa shape index (κ2) is 7.45. The number of halogens is 3. The SMILES string of the molecule is Cl.Clc1ccc(Cl)c(CNC2CCCNC2)c1. The summed E-state index contributed by atoms with van der Waals surface area (Å²) in [6.07, 6.45) is 2.46. The topological polar surface area (TPSA) is 24.1 Å². The van der Waals surface area contributed by atoms with Gasteiger partial charge in [-0.05, 0) is 43.1 Å². The van der Waals surface area contributed by atoms with Crippen molar-refractivity contribution >= 4 is 35.6 Å². The Bertz CT molecular complexity index is 352. The number of benzene rings is 1. The summed E-state index contributed by atoms with van der Waals surface area (Å²) in [5.74, 6) is 0. The zero-order valence-electron chi connectivity index (χ0n) is 9.51. The van der Waals surface area contributed by atoms with Crippen LogP contribution in [0.1, 0.15) is 18.4 Å². The highest BCUT2D eigenvalue weighted by Crippen LogP contribution is 2.20. The van der Waals surface area contributed by atoms with Gasteiger partial charge in [-0.2, -0.15) is 0 Å². The highest BCUT2D eigenvalue weighted by Gasteiger charge is 2.12. The monoisotopic (exact) mass is 294 g/mol. The molecule has 0 spiro atoms. The van der Waals surface area contributed by atoms with Gasteiger partial charge in [-0.1, -0.05) is 23.2 Å². The van der Waals surface area contributed by atoms with Gasteiger partial charge in [0.05, 0.1) is 0 Å². The highest BCUT2D eigenvalue weighted by atomic mass is 35.5. The van der Waals surface area contributed by atoms with Gasteiger partial charge in [0.25, 0.3) is 0 Å². The maximum absolute atomic E-state index is 6.10. The van der Waals surface area contributed by atoms with Crippen LogP contribution in [0.2, 0.25) is 10.0 Å². The van der Waals surface area contributed by atoms with Crippen LogP contribution in [0.3, 0.4) is 0 Å². The van der Waals surface area contributed by atoms with E-state index in [1.807, 2.05) is 18.2 Å². The summed E-state index contributed by atoms with van der Waals surface area (Å²) in [4.78, 5) is 0. The van der Waals surface area contributed by atoms with Gasteiger partial charge in [0, 0.05) is 29.2 Å². The maximum Gasteiger partial charge on any atom is 0.0451 e. The molecule has 0 bridgehead atoms. The summed E-state index contributed by atoms with van der Waals surface area (Å²) >= 11 is 12.0. The van der Waals surface area contributed by atoms with Gasteiger partial charge in [-0.25, -0.2) is 0 Å². The zero-order chi connectivity index (χ0) is 11.4. The van der Waals surface area contributed by atoms with Crippen molar-refractivity contribution in [2.24, 2.45) is 0 Å². The molecule has 0 radical (unpaired) electrons. The van der Waals surface area contributed by atoms with Gasteiger partial charge in [0.15, 0.2) is 0 Å². The van der Waals surface area contributed by atoms with Crippen LogP contribution >= 0.6 is 35.6 Å². The van der Waals surface area contributed by atoms with Crippen LogP contribution in [-0.2, 0) is 6.54 Å². The van der Waals surface area contributed by atoms with Crippen LogP contribution in [0.25, 0.3) is 0 Å². The number of nitrogens with one attached hydrogen (secondary N) is 2. The van der Waals surface area contributed by atoms with E-state index in [0.717, 1.165) is 35.2 Å². The van der Waals surface area contributed by atoms with E-state index < -0.39 is 0 Å². The lowest BCUT2D eigenvalue weighted by atomic mass is 10.1. The Morgan fingerprint density at radius 2 is 2.18 bits per heavy atom. The largest absolute Gasteiger partial charge is 0.315 e. The minimum absolute atomic E-state index is 0. The van der Waals surface area contributed by atoms with Gasteiger partial charge in [0.1, 0.15) is 0 Å². The van der Waals surface area contributed by atoms with E-state index in [-0.39, 0.29) is 12.4 Å². The number of rotatable bonds is 3. The summed E-state index contributed by atoms with van der Waals surface area (Å²) in [7, 11) is 0. The lowest BCUT2D eigenvalue weighted by molar-refractivity contribution is 0.389. The summed E-state index contributed by atoms with van der Waals surface area (Å²) in [6.45, 7) is 2.96. The van der Waals surface area contributed by atoms with Crippen molar-refractivity contribution in [2.75, 3.05) is 13.1 Å². The van der Waals surface area contributed by atoms with Crippen molar-refractivity contribution < 1.29 is 0 Å². The lowest BCUT2D eigenvalue weighted by Crippen LogP contribution is -2.42. The Morgan fingerprint density at radius 1 is 1.35 bits per heavy atom. The third-order valence-corrected chi connectivity index (χ3v) is 3.49. The third-order valence-electron chi connectivity index (χ3n) is 2.89. The molecular weight excluding hydrogens is 279 g/mol. The Morgan fingerprint density at radius 3 is 2.88 bits per heavy atom. The average Bonchev–Trinajstić information content (AvgIpc) is 2.32. The van der Waals surface area contributed by atoms with Gasteiger partial charge in [-0.15, -0.1) is 12.4 Å². The molecule has 1 aliphatic heterocycles. The summed E-state index contributed by atoms with van der Waals surface area (Å²) in [5, 5.41) is 8.39. The molecule has 1 atom stereocenters. The van der Waals surface area contributed by atoms with Gasteiger partial charge in [-0.3, -0.25) is 0 Å². The third kappa shape index (κ3) is 4.65. The molecule has 1 unspecified atom stereocenters. The van der Waals surface area contributed by atoms with Crippen LogP contribution in [0.5, 0.6) is 0 Å². The summed E-state index contributed by atoms with van der Waals surface area (Å²) in [5.41, 5.74) is 1.07. The first kappa shape index (κ1) is 15.1. The molecule has 0 amide bonds. The number of piperidine rings is 1. The van der Waals surface area contributed by atoms with E-state index in [2.05, 4.69) is 10.6 Å². The van der Waals surface area contributed by atoms with Crippen LogP contribution < -0.4 is 10.6 Å². The molecule has 17 heavy (non-hydrogen) atoms. The molecule has 0 aliphatic carbocycles. The first-order valence-corrected chi connectivity index (χ1v) is 6.39. The molecular formula is C12H17Cl3N2. The molecule has 1 aromatic rings. The van der Waals surface area contributed by atoms with Crippen LogP contribution in [0.15, 0.2) is 18.2 Å². The summed E-state index contributed by atoms with van der Waals surface area (Å²) in [6, 6.07) is 6.13. The van der Waals surface area contributed by atoms with E-state index in [1.54, 1.807) is 0 Å². The Kier molecular flexibility index (Phi) is 6.60. The van der Waals surface area contributed by atoms with Gasteiger partial charge < -0.3 is 10.6 Å². The fourth-order valence-corrected chi connectivity index (χ4v) is 2.34. The second-order valence-electron chi connectivity index (χ2n) is 4.16. The Labute approximate surface area is 118 Å². The van der Waals surface area contributed by atoms with Gasteiger partial charge >= 0.3 is 0 Å². The first-order chi connectivity index (χ1) is 7.75. The average molecular weight is 296 g/mol. The Hall–Kier alpha value is 0.01000. The van der Waals surface area contributed by atoms with Crippen molar-refractivity contribution in [1.82, 2.24) is 10.6 Å². The molecule has 2 nitrogen and oxygen atoms in total. The zero-order valence-corrected chi connectivity index (χ0v) is 11.8. The molecule has 1 aromatic carbocycles. The van der Waals surface area contributed by atoms with E-state index in [0.29, 0.717) is 6.04 Å². The van der Waals surface area contributed by atoms with Crippen LogP contribution in [0, 0.1) is 0 Å². The van der Waals surface area contributed by atoms with Crippen LogP contribution in [-0.4, -0.2) is 19.1 Å². The van der Waals surface area contributed by atoms with E-state index in [9.17, 15) is 0 Å². The summed E-state index contributed by atoms with van der Waals surface area (Å²) < 4.78 is 0. The van der Waals surface area contributed by atoms with Crippen molar-refractivity contribution in [2.45, 2.75) is 25.4 Å². The second-order valence-corrected chi connectivity index (χ2v) is 5.00. The Balaban J connectivity index is 0.00000144. The van der Waals surface area contributed by atoms with Gasteiger partial charge in [0.2, 0.25) is 0 Å². The van der Waals surface area contributed by atoms with Crippen LogP contribution in [0.4, 0.5) is 0 Å². The molecule has 0 aromatic heterocycles. The quantitative estimate of drug-likeness (QED) is 0.894. The predicted molar refractivity (Wildman–Crippen MR) is 76.4 cm³/mol. The molecule has 0 saturated carbocycles. The molecule has 1 fully saturated rings. The molecule has 2 rings (SSSR count). The predicted octanol–water partition coefficient (Wildman–Crippen LogP) is 3.26. The normalized spacial score (nSPS) is 19.8. The fraction of sp³-hybridized carbons (Fsp3) is 0.500. The fourth-order valence-electron chi connectivity index (χ4n) is 1.96. The van der Waals surface area contributed by atoms with Crippen molar-refractivity contribution in [3.8, 4) is 0 Å². The van der Waals surface area contributed by atoms with Crippen molar-refractivity contribution in [3.05, 3.63) is 33.8 Å².